The van der Waals surface area contributed by atoms with E-state index in [2.05, 4.69) is 36.9 Å². The number of nitrogens with zero attached hydrogens (tertiary/aromatic N) is 2. The number of hydrogen-bond donors (Lipinski definition) is 1. The van der Waals surface area contributed by atoms with Gasteiger partial charge in [0.15, 0.2) is 0 Å². The number of hydrogen-bond acceptors (Lipinski definition) is 3. The molecular weight excluding hydrogens is 234 g/mol. The van der Waals surface area contributed by atoms with Crippen LogP contribution in [0.4, 0.5) is 5.82 Å². The van der Waals surface area contributed by atoms with Crippen LogP contribution in [0.3, 0.4) is 0 Å². The number of fused-ring (bicyclic) bond motifs is 1. The van der Waals surface area contributed by atoms with Crippen LogP contribution in [0, 0.1) is 13.8 Å². The van der Waals surface area contributed by atoms with Crippen LogP contribution in [-0.4, -0.2) is 25.6 Å². The Morgan fingerprint density at radius 2 is 1.79 bits per heavy atom. The summed E-state index contributed by atoms with van der Waals surface area (Å²) in [5, 5.41) is 1.22. The highest BCUT2D eigenvalue weighted by atomic mass is 15.1. The van der Waals surface area contributed by atoms with Crippen molar-refractivity contribution in [2.24, 2.45) is 5.73 Å². The van der Waals surface area contributed by atoms with Crippen molar-refractivity contribution < 1.29 is 0 Å². The molecule has 2 rings (SSSR count). The second-order valence-corrected chi connectivity index (χ2v) is 5.39. The monoisotopic (exact) mass is 257 g/mol. The zero-order valence-electron chi connectivity index (χ0n) is 12.3. The Morgan fingerprint density at radius 1 is 1.11 bits per heavy atom. The molecule has 0 saturated carbocycles. The summed E-state index contributed by atoms with van der Waals surface area (Å²) in [6.07, 6.45) is 1.98. The van der Waals surface area contributed by atoms with E-state index in [0.717, 1.165) is 30.7 Å². The number of rotatable bonds is 4. The molecule has 19 heavy (non-hydrogen) atoms. The Morgan fingerprint density at radius 3 is 2.42 bits per heavy atom. The minimum Gasteiger partial charge on any atom is -0.362 e. The lowest BCUT2D eigenvalue weighted by Crippen LogP contribution is -2.14. The lowest BCUT2D eigenvalue weighted by molar-refractivity contribution is 0.826. The summed E-state index contributed by atoms with van der Waals surface area (Å²) in [6.45, 7) is 5.00. The topological polar surface area (TPSA) is 42.1 Å². The third-order valence-electron chi connectivity index (χ3n) is 3.56. The molecule has 0 atom stereocenters. The fourth-order valence-corrected chi connectivity index (χ4v) is 2.34. The van der Waals surface area contributed by atoms with Crippen LogP contribution >= 0.6 is 0 Å². The van der Waals surface area contributed by atoms with Crippen molar-refractivity contribution in [1.82, 2.24) is 4.98 Å². The quantitative estimate of drug-likeness (QED) is 0.915. The average molecular weight is 257 g/mol. The molecule has 0 fully saturated rings. The molecule has 0 aliphatic carbocycles. The van der Waals surface area contributed by atoms with Crippen LogP contribution < -0.4 is 10.6 Å². The first-order valence-corrected chi connectivity index (χ1v) is 6.81. The molecule has 102 valence electrons. The smallest absolute Gasteiger partial charge is 0.131 e. The van der Waals surface area contributed by atoms with Crippen molar-refractivity contribution in [1.29, 1.82) is 0 Å². The van der Waals surface area contributed by atoms with Gasteiger partial charge in [0.05, 0.1) is 5.52 Å². The molecule has 2 N–H and O–H groups in total. The van der Waals surface area contributed by atoms with Gasteiger partial charge in [-0.05, 0) is 68.1 Å². The van der Waals surface area contributed by atoms with Gasteiger partial charge in [-0.1, -0.05) is 0 Å². The van der Waals surface area contributed by atoms with Crippen molar-refractivity contribution >= 4 is 16.7 Å². The molecule has 0 unspecified atom stereocenters. The van der Waals surface area contributed by atoms with Gasteiger partial charge in [0, 0.05) is 19.5 Å². The maximum atomic E-state index is 5.63. The van der Waals surface area contributed by atoms with Gasteiger partial charge in [0.2, 0.25) is 0 Å². The van der Waals surface area contributed by atoms with Gasteiger partial charge < -0.3 is 10.6 Å². The van der Waals surface area contributed by atoms with E-state index in [1.165, 1.54) is 22.1 Å². The second-order valence-electron chi connectivity index (χ2n) is 5.39. The number of anilines is 1. The first-order chi connectivity index (χ1) is 9.02. The summed E-state index contributed by atoms with van der Waals surface area (Å²) >= 11 is 0. The normalized spacial score (nSPS) is 11.0. The molecular formula is C16H23N3. The van der Waals surface area contributed by atoms with Gasteiger partial charge in [-0.2, -0.15) is 0 Å². The predicted molar refractivity (Wildman–Crippen MR) is 82.9 cm³/mol. The van der Waals surface area contributed by atoms with Crippen LogP contribution in [0.15, 0.2) is 18.2 Å². The molecule has 0 saturated heterocycles. The van der Waals surface area contributed by atoms with Crippen molar-refractivity contribution in [3.05, 3.63) is 34.9 Å². The molecule has 1 heterocycles. The van der Waals surface area contributed by atoms with Crippen molar-refractivity contribution in [3.63, 3.8) is 0 Å². The Bertz CT molecular complexity index is 588. The Kier molecular flexibility index (Phi) is 4.05. The van der Waals surface area contributed by atoms with E-state index < -0.39 is 0 Å². The van der Waals surface area contributed by atoms with E-state index in [4.69, 9.17) is 10.7 Å². The SMILES string of the molecule is Cc1cc2cc(CCCN)c(N(C)C)nc2cc1C. The van der Waals surface area contributed by atoms with Gasteiger partial charge in [-0.15, -0.1) is 0 Å². The molecule has 2 aromatic rings. The number of nitrogens with two attached hydrogens (primary N) is 1. The zero-order valence-corrected chi connectivity index (χ0v) is 12.3. The third-order valence-corrected chi connectivity index (χ3v) is 3.56. The summed E-state index contributed by atoms with van der Waals surface area (Å²) < 4.78 is 0. The molecule has 0 aliphatic heterocycles. The fraction of sp³-hybridized carbons (Fsp3) is 0.438. The Labute approximate surface area is 115 Å². The van der Waals surface area contributed by atoms with Crippen molar-refractivity contribution in [2.45, 2.75) is 26.7 Å². The van der Waals surface area contributed by atoms with Gasteiger partial charge in [-0.25, -0.2) is 4.98 Å². The maximum absolute atomic E-state index is 5.63. The van der Waals surface area contributed by atoms with Gasteiger partial charge in [-0.3, -0.25) is 0 Å². The molecule has 3 nitrogen and oxygen atoms in total. The van der Waals surface area contributed by atoms with Crippen molar-refractivity contribution in [3.8, 4) is 0 Å². The van der Waals surface area contributed by atoms with E-state index in [-0.39, 0.29) is 0 Å². The van der Waals surface area contributed by atoms with Gasteiger partial charge in [0.25, 0.3) is 0 Å². The van der Waals surface area contributed by atoms with Crippen LogP contribution in [0.1, 0.15) is 23.1 Å². The number of benzene rings is 1. The predicted octanol–water partition coefficient (Wildman–Crippen LogP) is 2.81. The Balaban J connectivity index is 2.58. The summed E-state index contributed by atoms with van der Waals surface area (Å²) in [5.74, 6) is 1.06. The zero-order chi connectivity index (χ0) is 14.0. The van der Waals surface area contributed by atoms with E-state index in [1.54, 1.807) is 0 Å². The highest BCUT2D eigenvalue weighted by Gasteiger charge is 2.09. The lowest BCUT2D eigenvalue weighted by atomic mass is 10.0. The summed E-state index contributed by atoms with van der Waals surface area (Å²) in [6, 6.07) is 6.66. The standard InChI is InChI=1S/C16H23N3/c1-11-8-14-10-13(6-5-7-17)16(19(3)4)18-15(14)9-12(11)2/h8-10H,5-7,17H2,1-4H3. The van der Waals surface area contributed by atoms with Crippen LogP contribution in [0.2, 0.25) is 0 Å². The van der Waals surface area contributed by atoms with E-state index >= 15 is 0 Å². The highest BCUT2D eigenvalue weighted by Crippen LogP contribution is 2.25. The number of pyridine rings is 1. The Hall–Kier alpha value is -1.61. The average Bonchev–Trinajstić information content (AvgIpc) is 2.36. The molecule has 1 aromatic heterocycles. The van der Waals surface area contributed by atoms with Gasteiger partial charge in [0.1, 0.15) is 5.82 Å². The molecule has 1 aromatic carbocycles. The second kappa shape index (κ2) is 5.57. The molecule has 0 radical (unpaired) electrons. The van der Waals surface area contributed by atoms with Crippen LogP contribution in [0.25, 0.3) is 10.9 Å². The first kappa shape index (κ1) is 13.8. The number of aromatic nitrogens is 1. The highest BCUT2D eigenvalue weighted by molar-refractivity contribution is 5.83. The summed E-state index contributed by atoms with van der Waals surface area (Å²) in [4.78, 5) is 6.90. The van der Waals surface area contributed by atoms with Crippen LogP contribution in [0.5, 0.6) is 0 Å². The minimum absolute atomic E-state index is 0.720. The maximum Gasteiger partial charge on any atom is 0.131 e. The first-order valence-electron chi connectivity index (χ1n) is 6.81. The van der Waals surface area contributed by atoms with E-state index in [1.807, 2.05) is 14.1 Å². The largest absolute Gasteiger partial charge is 0.362 e. The van der Waals surface area contributed by atoms with Gasteiger partial charge >= 0.3 is 0 Å². The third kappa shape index (κ3) is 2.87. The molecule has 0 amide bonds. The van der Waals surface area contributed by atoms with Crippen LogP contribution in [-0.2, 0) is 6.42 Å². The summed E-state index contributed by atoms with van der Waals surface area (Å²) in [7, 11) is 4.09. The van der Waals surface area contributed by atoms with E-state index in [0.29, 0.717) is 0 Å². The molecule has 3 heteroatoms. The summed E-state index contributed by atoms with van der Waals surface area (Å²) in [5.41, 5.74) is 10.6. The number of aryl methyl sites for hydroxylation is 3. The lowest BCUT2D eigenvalue weighted by Gasteiger charge is -2.18. The van der Waals surface area contributed by atoms with Crippen molar-refractivity contribution in [2.75, 3.05) is 25.5 Å². The fourth-order valence-electron chi connectivity index (χ4n) is 2.34. The molecule has 0 bridgehead atoms. The minimum atomic E-state index is 0.720. The molecule has 0 aliphatic rings. The molecule has 0 spiro atoms. The van der Waals surface area contributed by atoms with E-state index in [9.17, 15) is 0 Å².